The molecular formula is C7H12O3. The van der Waals surface area contributed by atoms with Crippen LogP contribution < -0.4 is 0 Å². The SMILES string of the molecule is CC[C@@]1(C)COC(=O)[C@H]1O. The summed E-state index contributed by atoms with van der Waals surface area (Å²) in [6.45, 7) is 4.14. The van der Waals surface area contributed by atoms with Gasteiger partial charge < -0.3 is 9.84 Å². The first-order chi connectivity index (χ1) is 4.60. The second-order valence-electron chi connectivity index (χ2n) is 3.02. The van der Waals surface area contributed by atoms with Crippen LogP contribution in [0.3, 0.4) is 0 Å². The predicted octanol–water partition coefficient (Wildman–Crippen LogP) is 0.320. The van der Waals surface area contributed by atoms with E-state index in [1.54, 1.807) is 0 Å². The molecule has 58 valence electrons. The number of esters is 1. The number of ether oxygens (including phenoxy) is 1. The molecule has 1 saturated heterocycles. The summed E-state index contributed by atoms with van der Waals surface area (Å²) in [7, 11) is 0. The van der Waals surface area contributed by atoms with Crippen LogP contribution in [0.25, 0.3) is 0 Å². The van der Waals surface area contributed by atoms with Gasteiger partial charge in [0.2, 0.25) is 0 Å². The molecule has 1 aliphatic heterocycles. The Labute approximate surface area is 60.0 Å². The Morgan fingerprint density at radius 2 is 2.50 bits per heavy atom. The Bertz CT molecular complexity index is 155. The van der Waals surface area contributed by atoms with Crippen LogP contribution in [0.1, 0.15) is 20.3 Å². The Hall–Kier alpha value is -0.570. The van der Waals surface area contributed by atoms with E-state index in [0.29, 0.717) is 6.61 Å². The highest BCUT2D eigenvalue weighted by molar-refractivity contribution is 5.77. The highest BCUT2D eigenvalue weighted by Gasteiger charge is 2.44. The molecule has 3 nitrogen and oxygen atoms in total. The van der Waals surface area contributed by atoms with Crippen LogP contribution in [0, 0.1) is 5.41 Å². The molecule has 3 heteroatoms. The molecule has 2 atom stereocenters. The van der Waals surface area contributed by atoms with Crippen molar-refractivity contribution in [1.29, 1.82) is 0 Å². The summed E-state index contributed by atoms with van der Waals surface area (Å²) >= 11 is 0. The molecule has 0 radical (unpaired) electrons. The van der Waals surface area contributed by atoms with Crippen molar-refractivity contribution in [1.82, 2.24) is 0 Å². The standard InChI is InChI=1S/C7H12O3/c1-3-7(2)4-10-6(9)5(7)8/h5,8H,3-4H2,1-2H3/t5-,7+/m1/s1. The first kappa shape index (κ1) is 7.54. The molecule has 0 aromatic carbocycles. The lowest BCUT2D eigenvalue weighted by Gasteiger charge is -2.20. The summed E-state index contributed by atoms with van der Waals surface area (Å²) in [5, 5.41) is 9.24. The average molecular weight is 144 g/mol. The van der Waals surface area contributed by atoms with Gasteiger partial charge in [-0.2, -0.15) is 0 Å². The highest BCUT2D eigenvalue weighted by Crippen LogP contribution is 2.32. The van der Waals surface area contributed by atoms with Crippen molar-refractivity contribution in [3.05, 3.63) is 0 Å². The zero-order chi connectivity index (χ0) is 7.78. The van der Waals surface area contributed by atoms with E-state index in [-0.39, 0.29) is 5.41 Å². The largest absolute Gasteiger partial charge is 0.463 e. The van der Waals surface area contributed by atoms with Gasteiger partial charge in [0, 0.05) is 5.41 Å². The van der Waals surface area contributed by atoms with E-state index < -0.39 is 12.1 Å². The predicted molar refractivity (Wildman–Crippen MR) is 35.4 cm³/mol. The van der Waals surface area contributed by atoms with Crippen LogP contribution in [-0.4, -0.2) is 23.8 Å². The third-order valence-electron chi connectivity index (χ3n) is 2.24. The number of carbonyl (C=O) groups is 1. The van der Waals surface area contributed by atoms with Gasteiger partial charge in [-0.3, -0.25) is 0 Å². The first-order valence-electron chi connectivity index (χ1n) is 3.45. The second kappa shape index (κ2) is 2.23. The van der Waals surface area contributed by atoms with Gasteiger partial charge in [0.15, 0.2) is 6.10 Å². The third kappa shape index (κ3) is 0.904. The number of carbonyl (C=O) groups excluding carboxylic acids is 1. The molecular weight excluding hydrogens is 132 g/mol. The van der Waals surface area contributed by atoms with Crippen molar-refractivity contribution in [2.45, 2.75) is 26.4 Å². The molecule has 0 saturated carbocycles. The van der Waals surface area contributed by atoms with Crippen LogP contribution >= 0.6 is 0 Å². The normalized spacial score (nSPS) is 39.9. The minimum Gasteiger partial charge on any atom is -0.463 e. The molecule has 0 bridgehead atoms. The second-order valence-corrected chi connectivity index (χ2v) is 3.02. The lowest BCUT2D eigenvalue weighted by Crippen LogP contribution is -2.31. The lowest BCUT2D eigenvalue weighted by molar-refractivity contribution is -0.145. The van der Waals surface area contributed by atoms with Crippen molar-refractivity contribution in [3.63, 3.8) is 0 Å². The van der Waals surface area contributed by atoms with Gasteiger partial charge in [0.05, 0.1) is 6.61 Å². The molecule has 1 fully saturated rings. The summed E-state index contributed by atoms with van der Waals surface area (Å²) in [6, 6.07) is 0. The Morgan fingerprint density at radius 3 is 2.70 bits per heavy atom. The summed E-state index contributed by atoms with van der Waals surface area (Å²) < 4.78 is 4.68. The van der Waals surface area contributed by atoms with Crippen molar-refractivity contribution < 1.29 is 14.6 Å². The van der Waals surface area contributed by atoms with Crippen molar-refractivity contribution in [2.24, 2.45) is 5.41 Å². The van der Waals surface area contributed by atoms with Gasteiger partial charge in [-0.25, -0.2) is 4.79 Å². The molecule has 1 rings (SSSR count). The molecule has 1 N–H and O–H groups in total. The molecule has 0 amide bonds. The van der Waals surface area contributed by atoms with Crippen molar-refractivity contribution in [2.75, 3.05) is 6.61 Å². The van der Waals surface area contributed by atoms with Gasteiger partial charge in [0.25, 0.3) is 0 Å². The Kier molecular flexibility index (Phi) is 1.68. The molecule has 10 heavy (non-hydrogen) atoms. The van der Waals surface area contributed by atoms with E-state index in [1.807, 2.05) is 13.8 Å². The minimum atomic E-state index is -0.919. The molecule has 0 spiro atoms. The van der Waals surface area contributed by atoms with Crippen molar-refractivity contribution >= 4 is 5.97 Å². The lowest BCUT2D eigenvalue weighted by atomic mass is 9.84. The number of hydrogen-bond donors (Lipinski definition) is 1. The molecule has 0 aliphatic carbocycles. The van der Waals surface area contributed by atoms with Crippen LogP contribution in [0.2, 0.25) is 0 Å². The summed E-state index contributed by atoms with van der Waals surface area (Å²) in [5.41, 5.74) is -0.350. The van der Waals surface area contributed by atoms with Crippen LogP contribution in [-0.2, 0) is 9.53 Å². The zero-order valence-electron chi connectivity index (χ0n) is 6.26. The number of aliphatic hydroxyl groups excluding tert-OH is 1. The molecule has 0 aromatic heterocycles. The first-order valence-corrected chi connectivity index (χ1v) is 3.45. The number of hydrogen-bond acceptors (Lipinski definition) is 3. The summed E-state index contributed by atoms with van der Waals surface area (Å²) in [6.07, 6.45) is -0.155. The molecule has 0 aromatic rings. The van der Waals surface area contributed by atoms with E-state index in [1.165, 1.54) is 0 Å². The Balaban J connectivity index is 2.73. The maximum Gasteiger partial charge on any atom is 0.335 e. The van der Waals surface area contributed by atoms with Crippen LogP contribution in [0.15, 0.2) is 0 Å². The maximum absolute atomic E-state index is 10.7. The minimum absolute atomic E-state index is 0.350. The molecule has 0 unspecified atom stereocenters. The third-order valence-corrected chi connectivity index (χ3v) is 2.24. The number of aliphatic hydroxyl groups is 1. The smallest absolute Gasteiger partial charge is 0.335 e. The highest BCUT2D eigenvalue weighted by atomic mass is 16.6. The topological polar surface area (TPSA) is 46.5 Å². The van der Waals surface area contributed by atoms with Gasteiger partial charge in [-0.1, -0.05) is 13.8 Å². The average Bonchev–Trinajstić information content (AvgIpc) is 2.19. The number of cyclic esters (lactones) is 1. The van der Waals surface area contributed by atoms with E-state index >= 15 is 0 Å². The monoisotopic (exact) mass is 144 g/mol. The van der Waals surface area contributed by atoms with Gasteiger partial charge >= 0.3 is 5.97 Å². The molecule has 1 heterocycles. The Morgan fingerprint density at radius 1 is 1.90 bits per heavy atom. The molecule has 1 aliphatic rings. The maximum atomic E-state index is 10.7. The summed E-state index contributed by atoms with van der Waals surface area (Å²) in [4.78, 5) is 10.7. The van der Waals surface area contributed by atoms with E-state index in [0.717, 1.165) is 6.42 Å². The van der Waals surface area contributed by atoms with E-state index in [9.17, 15) is 9.90 Å². The quantitative estimate of drug-likeness (QED) is 0.539. The van der Waals surface area contributed by atoms with Gasteiger partial charge in [0.1, 0.15) is 0 Å². The summed E-state index contributed by atoms with van der Waals surface area (Å²) in [5.74, 6) is -0.482. The van der Waals surface area contributed by atoms with E-state index in [2.05, 4.69) is 4.74 Å². The van der Waals surface area contributed by atoms with Crippen LogP contribution in [0.5, 0.6) is 0 Å². The fraction of sp³-hybridized carbons (Fsp3) is 0.857. The fourth-order valence-corrected chi connectivity index (χ4v) is 0.974. The van der Waals surface area contributed by atoms with Gasteiger partial charge in [-0.05, 0) is 6.42 Å². The number of rotatable bonds is 1. The van der Waals surface area contributed by atoms with Crippen molar-refractivity contribution in [3.8, 4) is 0 Å². The van der Waals surface area contributed by atoms with E-state index in [4.69, 9.17) is 0 Å². The van der Waals surface area contributed by atoms with Crippen LogP contribution in [0.4, 0.5) is 0 Å². The fourth-order valence-electron chi connectivity index (χ4n) is 0.974. The zero-order valence-corrected chi connectivity index (χ0v) is 6.26. The van der Waals surface area contributed by atoms with Gasteiger partial charge in [-0.15, -0.1) is 0 Å².